The number of hydrogen-bond donors (Lipinski definition) is 2. The first kappa shape index (κ1) is 13.9. The van der Waals surface area contributed by atoms with Gasteiger partial charge in [-0.2, -0.15) is 4.98 Å². The Hall–Kier alpha value is -2.09. The highest BCUT2D eigenvalue weighted by Gasteiger charge is 2.19. The number of hydrogen-bond acceptors (Lipinski definition) is 4. The topological polar surface area (TPSA) is 56.8 Å². The van der Waals surface area contributed by atoms with Gasteiger partial charge in [-0.15, -0.1) is 5.10 Å². The van der Waals surface area contributed by atoms with Gasteiger partial charge in [0, 0.05) is 19.6 Å². The molecule has 0 aliphatic carbocycles. The lowest BCUT2D eigenvalue weighted by Gasteiger charge is -2.16. The minimum Gasteiger partial charge on any atom is -0.338 e. The number of rotatable bonds is 2. The molecule has 1 fully saturated rings. The Bertz CT molecular complexity index is 635. The van der Waals surface area contributed by atoms with E-state index in [0.29, 0.717) is 5.95 Å². The average molecular weight is 297 g/mol. The molecule has 5 nitrogen and oxygen atoms in total. The SMILES string of the molecule is Fc1ccc(-c2nc(N3CCCNCC3)n[nH]2)c(F)c1F. The molecular weight excluding hydrogens is 283 g/mol. The van der Waals surface area contributed by atoms with Crippen molar-refractivity contribution in [3.05, 3.63) is 29.6 Å². The zero-order valence-electron chi connectivity index (χ0n) is 11.2. The van der Waals surface area contributed by atoms with E-state index in [1.807, 2.05) is 4.90 Å². The van der Waals surface area contributed by atoms with Gasteiger partial charge in [-0.25, -0.2) is 13.2 Å². The van der Waals surface area contributed by atoms with E-state index in [-0.39, 0.29) is 11.4 Å². The lowest BCUT2D eigenvalue weighted by molar-refractivity contribution is 0.448. The third-order valence-corrected chi connectivity index (χ3v) is 3.39. The molecule has 0 unspecified atom stereocenters. The number of nitrogens with zero attached hydrogens (tertiary/aromatic N) is 3. The summed E-state index contributed by atoms with van der Waals surface area (Å²) in [4.78, 5) is 6.14. The van der Waals surface area contributed by atoms with Gasteiger partial charge < -0.3 is 10.2 Å². The summed E-state index contributed by atoms with van der Waals surface area (Å²) in [6.07, 6.45) is 0.948. The van der Waals surface area contributed by atoms with E-state index in [2.05, 4.69) is 20.5 Å². The fourth-order valence-corrected chi connectivity index (χ4v) is 2.27. The highest BCUT2D eigenvalue weighted by atomic mass is 19.2. The Morgan fingerprint density at radius 2 is 1.90 bits per heavy atom. The summed E-state index contributed by atoms with van der Waals surface area (Å²) in [5.74, 6) is -3.49. The molecule has 112 valence electrons. The molecule has 1 saturated heterocycles. The van der Waals surface area contributed by atoms with Crippen molar-refractivity contribution in [2.75, 3.05) is 31.1 Å². The summed E-state index contributed by atoms with van der Waals surface area (Å²) in [5, 5.41) is 9.85. The van der Waals surface area contributed by atoms with Crippen LogP contribution in [-0.4, -0.2) is 41.4 Å². The van der Waals surface area contributed by atoms with Crippen LogP contribution in [-0.2, 0) is 0 Å². The van der Waals surface area contributed by atoms with Gasteiger partial charge in [0.05, 0.1) is 5.56 Å². The monoisotopic (exact) mass is 297 g/mol. The first-order valence-corrected chi connectivity index (χ1v) is 6.69. The molecule has 2 heterocycles. The van der Waals surface area contributed by atoms with Crippen LogP contribution in [0.1, 0.15) is 6.42 Å². The third-order valence-electron chi connectivity index (χ3n) is 3.39. The van der Waals surface area contributed by atoms with Gasteiger partial charge in [-0.1, -0.05) is 0 Å². The summed E-state index contributed by atoms with van der Waals surface area (Å²) in [6, 6.07) is 2.01. The Balaban J connectivity index is 1.89. The van der Waals surface area contributed by atoms with E-state index in [1.165, 1.54) is 0 Å². The summed E-state index contributed by atoms with van der Waals surface area (Å²) < 4.78 is 39.9. The van der Waals surface area contributed by atoms with Gasteiger partial charge in [0.2, 0.25) is 5.95 Å². The van der Waals surface area contributed by atoms with E-state index in [1.54, 1.807) is 0 Å². The molecule has 2 aromatic rings. The normalized spacial score (nSPS) is 16.0. The summed E-state index contributed by atoms with van der Waals surface area (Å²) >= 11 is 0. The molecule has 0 spiro atoms. The van der Waals surface area contributed by atoms with Crippen LogP contribution in [0.2, 0.25) is 0 Å². The zero-order chi connectivity index (χ0) is 14.8. The van der Waals surface area contributed by atoms with Gasteiger partial charge in [0.15, 0.2) is 23.3 Å². The number of H-pyrrole nitrogens is 1. The highest BCUT2D eigenvalue weighted by molar-refractivity contribution is 5.57. The maximum Gasteiger partial charge on any atom is 0.245 e. The molecule has 0 bridgehead atoms. The van der Waals surface area contributed by atoms with Crippen molar-refractivity contribution in [1.82, 2.24) is 20.5 Å². The van der Waals surface area contributed by atoms with Crippen LogP contribution in [0.5, 0.6) is 0 Å². The predicted octanol–water partition coefficient (Wildman–Crippen LogP) is 1.69. The molecule has 0 atom stereocenters. The fourth-order valence-electron chi connectivity index (χ4n) is 2.27. The second-order valence-corrected chi connectivity index (χ2v) is 4.80. The van der Waals surface area contributed by atoms with Gasteiger partial charge in [-0.3, -0.25) is 5.10 Å². The second kappa shape index (κ2) is 5.72. The largest absolute Gasteiger partial charge is 0.338 e. The van der Waals surface area contributed by atoms with Gasteiger partial charge in [0.25, 0.3) is 0 Å². The molecule has 21 heavy (non-hydrogen) atoms. The molecular formula is C13H14F3N5. The molecule has 2 N–H and O–H groups in total. The predicted molar refractivity (Wildman–Crippen MR) is 71.4 cm³/mol. The van der Waals surface area contributed by atoms with E-state index in [9.17, 15) is 13.2 Å². The number of nitrogens with one attached hydrogen (secondary N) is 2. The summed E-state index contributed by atoms with van der Waals surface area (Å²) in [7, 11) is 0. The van der Waals surface area contributed by atoms with Crippen LogP contribution in [0.15, 0.2) is 12.1 Å². The number of anilines is 1. The van der Waals surface area contributed by atoms with Crippen LogP contribution in [0.4, 0.5) is 19.1 Å². The minimum atomic E-state index is -1.51. The molecule has 0 radical (unpaired) electrons. The van der Waals surface area contributed by atoms with Crippen molar-refractivity contribution >= 4 is 5.95 Å². The van der Waals surface area contributed by atoms with Gasteiger partial charge in [-0.05, 0) is 25.1 Å². The van der Waals surface area contributed by atoms with E-state index >= 15 is 0 Å². The second-order valence-electron chi connectivity index (χ2n) is 4.80. The van der Waals surface area contributed by atoms with Crippen molar-refractivity contribution in [2.24, 2.45) is 0 Å². The van der Waals surface area contributed by atoms with Crippen molar-refractivity contribution < 1.29 is 13.2 Å². The van der Waals surface area contributed by atoms with Crippen LogP contribution >= 0.6 is 0 Å². The number of aromatic nitrogens is 3. The van der Waals surface area contributed by atoms with Crippen molar-refractivity contribution in [1.29, 1.82) is 0 Å². The molecule has 1 aromatic heterocycles. The van der Waals surface area contributed by atoms with Gasteiger partial charge in [0.1, 0.15) is 0 Å². The summed E-state index contributed by atoms with van der Waals surface area (Å²) in [6.45, 7) is 3.25. The Kier molecular flexibility index (Phi) is 3.78. The first-order chi connectivity index (χ1) is 10.2. The molecule has 8 heteroatoms. The molecule has 1 aliphatic heterocycles. The van der Waals surface area contributed by atoms with E-state index in [0.717, 1.165) is 44.7 Å². The standard InChI is InChI=1S/C13H14F3N5/c14-9-3-2-8(10(15)11(9)16)12-18-13(20-19-12)21-6-1-4-17-5-7-21/h2-3,17H,1,4-7H2,(H,18,19,20). The molecule has 1 aromatic carbocycles. The first-order valence-electron chi connectivity index (χ1n) is 6.69. The molecule has 3 rings (SSSR count). The molecule has 1 aliphatic rings. The third kappa shape index (κ3) is 2.71. The number of benzene rings is 1. The Morgan fingerprint density at radius 1 is 1.05 bits per heavy atom. The maximum atomic E-state index is 13.7. The van der Waals surface area contributed by atoms with Crippen LogP contribution < -0.4 is 10.2 Å². The van der Waals surface area contributed by atoms with E-state index in [4.69, 9.17) is 0 Å². The lowest BCUT2D eigenvalue weighted by atomic mass is 10.2. The van der Waals surface area contributed by atoms with E-state index < -0.39 is 17.5 Å². The van der Waals surface area contributed by atoms with Crippen molar-refractivity contribution in [3.8, 4) is 11.4 Å². The highest BCUT2D eigenvalue weighted by Crippen LogP contribution is 2.24. The minimum absolute atomic E-state index is 0.0820. The molecule has 0 amide bonds. The van der Waals surface area contributed by atoms with Crippen molar-refractivity contribution in [2.45, 2.75) is 6.42 Å². The fraction of sp³-hybridized carbons (Fsp3) is 0.385. The average Bonchev–Trinajstić information content (AvgIpc) is 2.80. The quantitative estimate of drug-likeness (QED) is 0.828. The van der Waals surface area contributed by atoms with Crippen LogP contribution in [0, 0.1) is 17.5 Å². The summed E-state index contributed by atoms with van der Waals surface area (Å²) in [5.41, 5.74) is -0.138. The van der Waals surface area contributed by atoms with Crippen LogP contribution in [0.25, 0.3) is 11.4 Å². The Morgan fingerprint density at radius 3 is 2.76 bits per heavy atom. The number of halogens is 3. The maximum absolute atomic E-state index is 13.7. The smallest absolute Gasteiger partial charge is 0.245 e. The molecule has 0 saturated carbocycles. The van der Waals surface area contributed by atoms with Crippen LogP contribution in [0.3, 0.4) is 0 Å². The van der Waals surface area contributed by atoms with Gasteiger partial charge >= 0.3 is 0 Å². The van der Waals surface area contributed by atoms with Crippen molar-refractivity contribution in [3.63, 3.8) is 0 Å². The lowest BCUT2D eigenvalue weighted by Crippen LogP contribution is -2.28. The number of aromatic amines is 1. The zero-order valence-corrected chi connectivity index (χ0v) is 11.2. The Labute approximate surface area is 119 Å².